The average Bonchev–Trinajstić information content (AvgIpc) is 3.08. The first-order valence-electron chi connectivity index (χ1n) is 12.6. The highest BCUT2D eigenvalue weighted by Crippen LogP contribution is 2.60. The van der Waals surface area contributed by atoms with E-state index in [0.717, 1.165) is 43.3 Å². The molecule has 0 radical (unpaired) electrons. The first-order chi connectivity index (χ1) is 14.5. The van der Waals surface area contributed by atoms with Crippen molar-refractivity contribution in [3.8, 4) is 0 Å². The molecule has 4 heteroatoms. The molecule has 0 bridgehead atoms. The second-order valence-corrected chi connectivity index (χ2v) is 11.7. The van der Waals surface area contributed by atoms with Crippen molar-refractivity contribution in [2.45, 2.75) is 109 Å². The van der Waals surface area contributed by atoms with Gasteiger partial charge in [0.1, 0.15) is 0 Å². The molecule has 3 aliphatic carbocycles. The average molecular weight is 435 g/mol. The summed E-state index contributed by atoms with van der Waals surface area (Å²) in [6.45, 7) is 10.6. The van der Waals surface area contributed by atoms with Crippen molar-refractivity contribution in [2.75, 3.05) is 6.61 Å². The maximum atomic E-state index is 10.6. The minimum Gasteiger partial charge on any atom is -0.396 e. The number of aliphatic hydroxyl groups excluding tert-OH is 1. The van der Waals surface area contributed by atoms with Gasteiger partial charge in [-0.2, -0.15) is 0 Å². The Bertz CT molecular complexity index is 659. The van der Waals surface area contributed by atoms with Gasteiger partial charge in [0.15, 0.2) is 5.79 Å². The zero-order valence-electron chi connectivity index (χ0n) is 20.1. The van der Waals surface area contributed by atoms with Gasteiger partial charge in [0, 0.05) is 19.4 Å². The predicted molar refractivity (Wildman–Crippen MR) is 125 cm³/mol. The Hall–Kier alpha value is -0.680. The van der Waals surface area contributed by atoms with Crippen LogP contribution >= 0.6 is 0 Å². The van der Waals surface area contributed by atoms with Crippen molar-refractivity contribution < 1.29 is 20.4 Å². The Morgan fingerprint density at radius 1 is 1.19 bits per heavy atom. The highest BCUT2D eigenvalue weighted by Gasteiger charge is 2.54. The molecule has 5 atom stereocenters. The van der Waals surface area contributed by atoms with Crippen molar-refractivity contribution in [3.05, 3.63) is 23.8 Å². The number of fused-ring (bicyclic) bond motifs is 1. The Morgan fingerprint density at radius 2 is 1.94 bits per heavy atom. The highest BCUT2D eigenvalue weighted by molar-refractivity contribution is 5.32. The fourth-order valence-corrected chi connectivity index (χ4v) is 7.22. The molecule has 4 nitrogen and oxygen atoms in total. The molecule has 0 saturated heterocycles. The summed E-state index contributed by atoms with van der Waals surface area (Å²) in [4.78, 5) is 0. The predicted octanol–water partition coefficient (Wildman–Crippen LogP) is 5.11. The molecule has 0 spiro atoms. The molecule has 1 unspecified atom stereocenters. The van der Waals surface area contributed by atoms with Crippen molar-refractivity contribution in [1.82, 2.24) is 0 Å². The third-order valence-electron chi connectivity index (χ3n) is 8.90. The standard InChI is InChI=1S/C27H46O4/c1-19-13-16-27(30,31)17-22(19)10-9-21-8-6-15-26(18-28)23(11-12-24(21)26)20(2)7-5-14-25(3,4)29/h10,20-21,23-24,28-31H,1,5-9,11-18H2,2-4H3/b22-10+/t20-,21?,23-,24+,26-/m1/s1. The summed E-state index contributed by atoms with van der Waals surface area (Å²) in [6.07, 6.45) is 13.4. The second-order valence-electron chi connectivity index (χ2n) is 11.7. The molecule has 3 rings (SSSR count). The summed E-state index contributed by atoms with van der Waals surface area (Å²) in [5.74, 6) is 0.648. The van der Waals surface area contributed by atoms with Crippen LogP contribution in [0, 0.1) is 29.1 Å². The van der Waals surface area contributed by atoms with E-state index in [9.17, 15) is 20.4 Å². The highest BCUT2D eigenvalue weighted by atomic mass is 16.5. The fourth-order valence-electron chi connectivity index (χ4n) is 7.22. The van der Waals surface area contributed by atoms with Crippen LogP contribution < -0.4 is 0 Å². The Morgan fingerprint density at radius 3 is 2.61 bits per heavy atom. The van der Waals surface area contributed by atoms with Gasteiger partial charge in [-0.15, -0.1) is 0 Å². The van der Waals surface area contributed by atoms with E-state index in [0.29, 0.717) is 36.5 Å². The number of allylic oxidation sites excluding steroid dienone is 2. The van der Waals surface area contributed by atoms with E-state index in [-0.39, 0.29) is 18.4 Å². The molecule has 178 valence electrons. The SMILES string of the molecule is C=C1CCC(O)(O)C/C1=C\CC1CCC[C@@]2(CO)[C@@H]([C@H](C)CCCC(C)(C)O)CC[C@@H]12. The lowest BCUT2D eigenvalue weighted by Gasteiger charge is -2.48. The third-order valence-corrected chi connectivity index (χ3v) is 8.90. The summed E-state index contributed by atoms with van der Waals surface area (Å²) in [5.41, 5.74) is 1.51. The van der Waals surface area contributed by atoms with Gasteiger partial charge in [-0.05, 0) is 93.5 Å². The first-order valence-corrected chi connectivity index (χ1v) is 12.6. The lowest BCUT2D eigenvalue weighted by Crippen LogP contribution is -2.44. The van der Waals surface area contributed by atoms with Crippen molar-refractivity contribution in [1.29, 1.82) is 0 Å². The third kappa shape index (κ3) is 5.82. The van der Waals surface area contributed by atoms with E-state index in [1.54, 1.807) is 0 Å². The molecule has 3 saturated carbocycles. The Kier molecular flexibility index (Phi) is 7.78. The molecule has 0 heterocycles. The second kappa shape index (κ2) is 9.67. The molecule has 0 aliphatic heterocycles. The van der Waals surface area contributed by atoms with Gasteiger partial charge < -0.3 is 20.4 Å². The number of hydrogen-bond acceptors (Lipinski definition) is 4. The van der Waals surface area contributed by atoms with Crippen molar-refractivity contribution in [3.63, 3.8) is 0 Å². The summed E-state index contributed by atoms with van der Waals surface area (Å²) >= 11 is 0. The van der Waals surface area contributed by atoms with E-state index in [1.807, 2.05) is 13.8 Å². The van der Waals surface area contributed by atoms with Crippen LogP contribution in [0.2, 0.25) is 0 Å². The van der Waals surface area contributed by atoms with E-state index < -0.39 is 11.4 Å². The van der Waals surface area contributed by atoms with Crippen LogP contribution in [0.25, 0.3) is 0 Å². The van der Waals surface area contributed by atoms with Gasteiger partial charge in [-0.1, -0.05) is 44.4 Å². The summed E-state index contributed by atoms with van der Waals surface area (Å²) < 4.78 is 0. The molecule has 3 aliphatic rings. The molecular weight excluding hydrogens is 388 g/mol. The maximum absolute atomic E-state index is 10.6. The monoisotopic (exact) mass is 434 g/mol. The minimum atomic E-state index is -1.59. The quantitative estimate of drug-likeness (QED) is 0.400. The molecule has 0 amide bonds. The van der Waals surface area contributed by atoms with Gasteiger partial charge in [-0.25, -0.2) is 0 Å². The van der Waals surface area contributed by atoms with Gasteiger partial charge >= 0.3 is 0 Å². The molecule has 31 heavy (non-hydrogen) atoms. The number of hydrogen-bond donors (Lipinski definition) is 4. The van der Waals surface area contributed by atoms with Crippen molar-refractivity contribution >= 4 is 0 Å². The molecule has 4 N–H and O–H groups in total. The van der Waals surface area contributed by atoms with Gasteiger partial charge in [-0.3, -0.25) is 0 Å². The van der Waals surface area contributed by atoms with Crippen molar-refractivity contribution in [2.24, 2.45) is 29.1 Å². The van der Waals surface area contributed by atoms with Crippen LogP contribution in [0.4, 0.5) is 0 Å². The summed E-state index contributed by atoms with van der Waals surface area (Å²) in [7, 11) is 0. The van der Waals surface area contributed by atoms with Crippen LogP contribution in [0.3, 0.4) is 0 Å². The van der Waals surface area contributed by atoms with Crippen LogP contribution in [0.1, 0.15) is 97.8 Å². The lowest BCUT2D eigenvalue weighted by atomic mass is 9.57. The largest absolute Gasteiger partial charge is 0.396 e. The van der Waals surface area contributed by atoms with E-state index >= 15 is 0 Å². The molecular formula is C27H46O4. The molecule has 3 fully saturated rings. The topological polar surface area (TPSA) is 80.9 Å². The normalized spacial score (nSPS) is 35.9. The van der Waals surface area contributed by atoms with Crippen LogP contribution in [0.5, 0.6) is 0 Å². The fraction of sp³-hybridized carbons (Fsp3) is 0.852. The van der Waals surface area contributed by atoms with Crippen LogP contribution in [-0.4, -0.2) is 38.4 Å². The minimum absolute atomic E-state index is 0.0386. The lowest BCUT2D eigenvalue weighted by molar-refractivity contribution is -0.167. The van der Waals surface area contributed by atoms with E-state index in [1.165, 1.54) is 25.7 Å². The molecule has 0 aromatic rings. The molecule has 0 aromatic carbocycles. The Labute approximate surface area is 189 Å². The van der Waals surface area contributed by atoms with Crippen LogP contribution in [-0.2, 0) is 0 Å². The summed E-state index contributed by atoms with van der Waals surface area (Å²) in [5, 5.41) is 40.8. The van der Waals surface area contributed by atoms with Crippen LogP contribution in [0.15, 0.2) is 23.8 Å². The van der Waals surface area contributed by atoms with Gasteiger partial charge in [0.2, 0.25) is 0 Å². The molecule has 0 aromatic heterocycles. The van der Waals surface area contributed by atoms with Gasteiger partial charge in [0.25, 0.3) is 0 Å². The number of rotatable bonds is 8. The Balaban J connectivity index is 1.67. The smallest absolute Gasteiger partial charge is 0.166 e. The first kappa shape index (κ1) is 25.0. The zero-order valence-corrected chi connectivity index (χ0v) is 20.1. The maximum Gasteiger partial charge on any atom is 0.166 e. The van der Waals surface area contributed by atoms with E-state index in [4.69, 9.17) is 0 Å². The summed E-state index contributed by atoms with van der Waals surface area (Å²) in [6, 6.07) is 0. The van der Waals surface area contributed by atoms with E-state index in [2.05, 4.69) is 19.6 Å². The zero-order chi connectivity index (χ0) is 22.9. The van der Waals surface area contributed by atoms with Gasteiger partial charge in [0.05, 0.1) is 5.60 Å². The number of aliphatic hydroxyl groups is 4.